The summed E-state index contributed by atoms with van der Waals surface area (Å²) < 4.78 is 77.8. The molecule has 11 rings (SSSR count). The largest absolute Gasteiger partial charge is 0.311 e. The zero-order valence-corrected chi connectivity index (χ0v) is 35.3. The second-order valence-electron chi connectivity index (χ2n) is 15.9. The number of benzene rings is 11. The molecule has 0 aromatic heterocycles. The lowest BCUT2D eigenvalue weighted by Gasteiger charge is -2.26. The van der Waals surface area contributed by atoms with Crippen molar-refractivity contribution >= 4 is 27.8 Å². The lowest BCUT2D eigenvalue weighted by molar-refractivity contribution is 1.28. The molecule has 0 bridgehead atoms. The zero-order valence-electron chi connectivity index (χ0n) is 43.3. The lowest BCUT2D eigenvalue weighted by atomic mass is 9.90. The minimum atomic E-state index is -0.413. The molecule has 0 aliphatic heterocycles. The van der Waals surface area contributed by atoms with Gasteiger partial charge in [0.25, 0.3) is 0 Å². The summed E-state index contributed by atoms with van der Waals surface area (Å²) >= 11 is 0. The van der Waals surface area contributed by atoms with Crippen LogP contribution in [0, 0.1) is 0 Å². The summed E-state index contributed by atoms with van der Waals surface area (Å²) in [6.45, 7) is 0. The van der Waals surface area contributed by atoms with Crippen LogP contribution in [0.5, 0.6) is 0 Å². The summed E-state index contributed by atoms with van der Waals surface area (Å²) in [5.41, 5.74) is 10.2. The van der Waals surface area contributed by atoms with Gasteiger partial charge in [-0.3, -0.25) is 0 Å². The van der Waals surface area contributed by atoms with E-state index in [0.717, 1.165) is 66.4 Å². The van der Waals surface area contributed by atoms with E-state index in [2.05, 4.69) is 42.5 Å². The standard InChI is InChI=1S/C64H45N/c1-5-16-46(17-6-1)54-25-15-26-55(42-54)49-28-35-59(36-29-49)65(61-39-32-52(33-40-61)63-41-34-51-22-13-14-27-62(51)64(63)53-23-11-4-12-24-53)60-37-30-50(31-38-60)58-44-56(47-18-7-2-8-19-47)43-57(45-58)48-20-9-3-10-21-48/h1-45H/i28D,29D,30D,31D,35D,36D,37D,38D. The molecule has 0 unspecified atom stereocenters. The fourth-order valence-corrected chi connectivity index (χ4v) is 8.56. The van der Waals surface area contributed by atoms with E-state index in [1.54, 1.807) is 18.2 Å². The normalized spacial score (nSPS) is 12.8. The molecule has 0 fully saturated rings. The Bertz CT molecular complexity index is 3750. The van der Waals surface area contributed by atoms with Crippen molar-refractivity contribution < 1.29 is 11.0 Å². The van der Waals surface area contributed by atoms with E-state index in [0.29, 0.717) is 16.8 Å². The number of nitrogens with zero attached hydrogens (tertiary/aromatic N) is 1. The van der Waals surface area contributed by atoms with Crippen LogP contribution in [0.2, 0.25) is 0 Å². The molecule has 0 aliphatic rings. The van der Waals surface area contributed by atoms with Gasteiger partial charge in [0.05, 0.1) is 11.0 Å². The predicted molar refractivity (Wildman–Crippen MR) is 277 cm³/mol. The molecule has 0 radical (unpaired) electrons. The third kappa shape index (κ3) is 8.16. The van der Waals surface area contributed by atoms with Gasteiger partial charge in [0.15, 0.2) is 0 Å². The first-order valence-corrected chi connectivity index (χ1v) is 21.7. The number of hydrogen-bond acceptors (Lipinski definition) is 1. The third-order valence-corrected chi connectivity index (χ3v) is 11.8. The summed E-state index contributed by atoms with van der Waals surface area (Å²) in [4.78, 5) is 1.37. The third-order valence-electron chi connectivity index (χ3n) is 11.8. The second-order valence-corrected chi connectivity index (χ2v) is 15.9. The van der Waals surface area contributed by atoms with Crippen LogP contribution >= 0.6 is 0 Å². The van der Waals surface area contributed by atoms with Crippen LogP contribution in [-0.4, -0.2) is 0 Å². The fourth-order valence-electron chi connectivity index (χ4n) is 8.56. The molecule has 0 atom stereocenters. The summed E-state index contributed by atoms with van der Waals surface area (Å²) in [5, 5.41) is 2.16. The van der Waals surface area contributed by atoms with Crippen LogP contribution in [0.4, 0.5) is 17.1 Å². The van der Waals surface area contributed by atoms with E-state index in [-0.39, 0.29) is 46.7 Å². The van der Waals surface area contributed by atoms with Crippen LogP contribution in [0.25, 0.3) is 88.7 Å². The van der Waals surface area contributed by atoms with Crippen LogP contribution in [0.15, 0.2) is 273 Å². The fraction of sp³-hybridized carbons (Fsp3) is 0. The van der Waals surface area contributed by atoms with Crippen molar-refractivity contribution in [2.24, 2.45) is 0 Å². The summed E-state index contributed by atoms with van der Waals surface area (Å²) in [6, 6.07) is 69.5. The van der Waals surface area contributed by atoms with Crippen molar-refractivity contribution in [1.82, 2.24) is 0 Å². The van der Waals surface area contributed by atoms with Crippen molar-refractivity contribution in [1.29, 1.82) is 0 Å². The molecular weight excluding hydrogens is 783 g/mol. The second kappa shape index (κ2) is 17.7. The molecule has 0 saturated carbocycles. The van der Waals surface area contributed by atoms with Gasteiger partial charge in [-0.25, -0.2) is 0 Å². The van der Waals surface area contributed by atoms with E-state index >= 15 is 0 Å². The highest BCUT2D eigenvalue weighted by molar-refractivity contribution is 6.04. The van der Waals surface area contributed by atoms with E-state index in [1.165, 1.54) is 4.90 Å². The van der Waals surface area contributed by atoms with Crippen LogP contribution in [0.1, 0.15) is 11.0 Å². The Morgan fingerprint density at radius 1 is 0.246 bits per heavy atom. The average Bonchev–Trinajstić information content (AvgIpc) is 3.44. The number of hydrogen-bond donors (Lipinski definition) is 0. The topological polar surface area (TPSA) is 3.24 Å². The highest BCUT2D eigenvalue weighted by Gasteiger charge is 2.17. The van der Waals surface area contributed by atoms with Gasteiger partial charge in [0.1, 0.15) is 0 Å². The summed E-state index contributed by atoms with van der Waals surface area (Å²) in [6.07, 6.45) is 0. The maximum absolute atomic E-state index is 9.85. The maximum atomic E-state index is 9.85. The summed E-state index contributed by atoms with van der Waals surface area (Å²) in [7, 11) is 0. The van der Waals surface area contributed by atoms with E-state index in [4.69, 9.17) is 0 Å². The van der Waals surface area contributed by atoms with Gasteiger partial charge in [-0.1, -0.05) is 212 Å². The van der Waals surface area contributed by atoms with Crippen molar-refractivity contribution in [3.8, 4) is 77.9 Å². The lowest BCUT2D eigenvalue weighted by Crippen LogP contribution is -2.09. The quantitative estimate of drug-likeness (QED) is 0.133. The molecular formula is C64H45N. The van der Waals surface area contributed by atoms with Crippen molar-refractivity contribution in [2.45, 2.75) is 0 Å². The van der Waals surface area contributed by atoms with Gasteiger partial charge in [-0.15, -0.1) is 0 Å². The van der Waals surface area contributed by atoms with E-state index < -0.39 is 24.2 Å². The van der Waals surface area contributed by atoms with E-state index in [9.17, 15) is 11.0 Å². The smallest absolute Gasteiger partial charge is 0.0645 e. The Kier molecular flexibility index (Phi) is 8.53. The molecule has 0 N–H and O–H groups in total. The Balaban J connectivity index is 1.12. The molecule has 11 aromatic rings. The molecule has 0 amide bonds. The van der Waals surface area contributed by atoms with Gasteiger partial charge in [0, 0.05) is 17.1 Å². The van der Waals surface area contributed by atoms with Crippen molar-refractivity contribution in [2.75, 3.05) is 4.90 Å². The van der Waals surface area contributed by atoms with Crippen molar-refractivity contribution in [3.63, 3.8) is 0 Å². The molecule has 1 heteroatoms. The first-order valence-electron chi connectivity index (χ1n) is 25.7. The first kappa shape index (κ1) is 31.3. The molecule has 11 aromatic carbocycles. The minimum absolute atomic E-state index is 0.0851. The first-order chi connectivity index (χ1) is 35.6. The van der Waals surface area contributed by atoms with E-state index in [1.807, 2.05) is 164 Å². The molecule has 0 heterocycles. The Labute approximate surface area is 393 Å². The SMILES string of the molecule is [2H]c1c([2H])c(N(c2ccc(-c3ccc4ccccc4c3-c3ccccc3)cc2)c2c([2H])c([2H])c(-c3cc(-c4ccccc4)cc(-c4ccccc4)c3)c([2H])c2[2H])c([2H])c([2H])c1-c1cccc(-c2ccccc2)c1. The Morgan fingerprint density at radius 3 is 1.18 bits per heavy atom. The maximum Gasteiger partial charge on any atom is 0.0645 e. The zero-order chi connectivity index (χ0) is 50.3. The van der Waals surface area contributed by atoms with Gasteiger partial charge in [-0.05, 0) is 149 Å². The van der Waals surface area contributed by atoms with Gasteiger partial charge in [0.2, 0.25) is 0 Å². The highest BCUT2D eigenvalue weighted by atomic mass is 15.1. The molecule has 0 aliphatic carbocycles. The number of fused-ring (bicyclic) bond motifs is 1. The summed E-state index contributed by atoms with van der Waals surface area (Å²) in [5.74, 6) is 0. The molecule has 65 heavy (non-hydrogen) atoms. The minimum Gasteiger partial charge on any atom is -0.311 e. The molecule has 0 saturated heterocycles. The van der Waals surface area contributed by atoms with Crippen LogP contribution < -0.4 is 4.90 Å². The van der Waals surface area contributed by atoms with Gasteiger partial charge >= 0.3 is 0 Å². The van der Waals surface area contributed by atoms with Gasteiger partial charge < -0.3 is 4.90 Å². The average molecular weight is 836 g/mol. The Hall–Kier alpha value is -8.52. The van der Waals surface area contributed by atoms with Crippen molar-refractivity contribution in [3.05, 3.63) is 273 Å². The molecule has 1 nitrogen and oxygen atoms in total. The Morgan fingerprint density at radius 2 is 0.646 bits per heavy atom. The highest BCUT2D eigenvalue weighted by Crippen LogP contribution is 2.42. The monoisotopic (exact) mass is 835 g/mol. The predicted octanol–water partition coefficient (Wildman–Crippen LogP) is 18.0. The van der Waals surface area contributed by atoms with Crippen LogP contribution in [0.3, 0.4) is 0 Å². The molecule has 0 spiro atoms. The van der Waals surface area contributed by atoms with Gasteiger partial charge in [-0.2, -0.15) is 0 Å². The number of rotatable bonds is 10. The molecule has 306 valence electrons. The van der Waals surface area contributed by atoms with Crippen LogP contribution in [-0.2, 0) is 0 Å². The number of anilines is 3.